The van der Waals surface area contributed by atoms with Gasteiger partial charge in [0.1, 0.15) is 0 Å². The molecule has 0 spiro atoms. The molecular weight excluding hydrogens is 229 g/mol. The lowest BCUT2D eigenvalue weighted by atomic mass is 10.2. The standard InChI is InChI=1S/C12H15ClFNO/c1-3-16-12-5-4-10(6-11(12)14)15-8-9(2)7-13/h4-7,15H,3,8H2,1-2H3/b9-7+. The molecule has 0 saturated heterocycles. The molecule has 0 aliphatic heterocycles. The van der Waals surface area contributed by atoms with E-state index in [2.05, 4.69) is 5.32 Å². The number of rotatable bonds is 5. The lowest BCUT2D eigenvalue weighted by molar-refractivity contribution is 0.321. The predicted molar refractivity (Wildman–Crippen MR) is 65.7 cm³/mol. The Morgan fingerprint density at radius 3 is 2.88 bits per heavy atom. The summed E-state index contributed by atoms with van der Waals surface area (Å²) in [5.74, 6) is -0.0861. The molecule has 0 heterocycles. The molecule has 1 rings (SSSR count). The molecule has 16 heavy (non-hydrogen) atoms. The van der Waals surface area contributed by atoms with Crippen LogP contribution >= 0.6 is 11.6 Å². The van der Waals surface area contributed by atoms with Crippen LogP contribution in [0.1, 0.15) is 13.8 Å². The second-order valence-corrected chi connectivity index (χ2v) is 3.61. The maximum absolute atomic E-state index is 13.4. The Labute approximate surface area is 100 Å². The number of hydrogen-bond donors (Lipinski definition) is 1. The quantitative estimate of drug-likeness (QED) is 0.850. The highest BCUT2D eigenvalue weighted by atomic mass is 35.5. The Kier molecular flexibility index (Phi) is 5.12. The Bertz CT molecular complexity index is 379. The fraction of sp³-hybridized carbons (Fsp3) is 0.333. The molecule has 0 radical (unpaired) electrons. The molecule has 0 saturated carbocycles. The molecule has 0 aliphatic carbocycles. The van der Waals surface area contributed by atoms with Crippen LogP contribution in [0.3, 0.4) is 0 Å². The number of benzene rings is 1. The van der Waals surface area contributed by atoms with E-state index in [1.165, 1.54) is 11.6 Å². The number of anilines is 1. The van der Waals surface area contributed by atoms with Crippen molar-refractivity contribution in [1.82, 2.24) is 0 Å². The zero-order valence-electron chi connectivity index (χ0n) is 9.39. The summed E-state index contributed by atoms with van der Waals surface area (Å²) in [4.78, 5) is 0. The molecule has 0 aromatic heterocycles. The van der Waals surface area contributed by atoms with E-state index in [-0.39, 0.29) is 11.6 Å². The molecule has 0 amide bonds. The van der Waals surface area contributed by atoms with Gasteiger partial charge in [-0.3, -0.25) is 0 Å². The first kappa shape index (κ1) is 12.8. The Morgan fingerprint density at radius 2 is 2.31 bits per heavy atom. The van der Waals surface area contributed by atoms with Crippen molar-refractivity contribution in [2.24, 2.45) is 0 Å². The van der Waals surface area contributed by atoms with Crippen LogP contribution in [0, 0.1) is 5.82 Å². The Morgan fingerprint density at radius 1 is 1.56 bits per heavy atom. The monoisotopic (exact) mass is 243 g/mol. The van der Waals surface area contributed by atoms with Gasteiger partial charge in [0, 0.05) is 23.8 Å². The fourth-order valence-corrected chi connectivity index (χ4v) is 1.24. The zero-order chi connectivity index (χ0) is 12.0. The minimum absolute atomic E-state index is 0.276. The minimum atomic E-state index is -0.362. The van der Waals surface area contributed by atoms with Gasteiger partial charge in [0.05, 0.1) is 6.61 Å². The number of halogens is 2. The van der Waals surface area contributed by atoms with Gasteiger partial charge in [0.15, 0.2) is 11.6 Å². The van der Waals surface area contributed by atoms with E-state index in [0.29, 0.717) is 18.8 Å². The molecule has 1 N–H and O–H groups in total. The van der Waals surface area contributed by atoms with Crippen LogP contribution in [0.5, 0.6) is 5.75 Å². The Hall–Kier alpha value is -1.22. The zero-order valence-corrected chi connectivity index (χ0v) is 10.1. The average molecular weight is 244 g/mol. The van der Waals surface area contributed by atoms with E-state index in [4.69, 9.17) is 16.3 Å². The molecule has 1 aromatic rings. The van der Waals surface area contributed by atoms with Gasteiger partial charge in [-0.2, -0.15) is 0 Å². The molecule has 0 bridgehead atoms. The van der Waals surface area contributed by atoms with Crippen molar-refractivity contribution in [1.29, 1.82) is 0 Å². The number of nitrogens with one attached hydrogen (secondary N) is 1. The third-order valence-electron chi connectivity index (χ3n) is 1.99. The highest BCUT2D eigenvalue weighted by Gasteiger charge is 2.03. The summed E-state index contributed by atoms with van der Waals surface area (Å²) in [6, 6.07) is 4.79. The minimum Gasteiger partial charge on any atom is -0.491 e. The van der Waals surface area contributed by atoms with Gasteiger partial charge >= 0.3 is 0 Å². The van der Waals surface area contributed by atoms with Crippen LogP contribution in [0.15, 0.2) is 29.3 Å². The normalized spacial score (nSPS) is 11.4. The maximum Gasteiger partial charge on any atom is 0.167 e. The summed E-state index contributed by atoms with van der Waals surface area (Å²) in [6.45, 7) is 4.76. The summed E-state index contributed by atoms with van der Waals surface area (Å²) in [5.41, 5.74) is 3.19. The van der Waals surface area contributed by atoms with E-state index in [1.807, 2.05) is 13.8 Å². The molecule has 88 valence electrons. The molecule has 4 heteroatoms. The molecule has 2 nitrogen and oxygen atoms in total. The highest BCUT2D eigenvalue weighted by Crippen LogP contribution is 2.21. The first-order valence-electron chi connectivity index (χ1n) is 5.09. The van der Waals surface area contributed by atoms with Crippen molar-refractivity contribution in [3.8, 4) is 5.75 Å². The number of hydrogen-bond acceptors (Lipinski definition) is 2. The van der Waals surface area contributed by atoms with Crippen molar-refractivity contribution in [2.45, 2.75) is 13.8 Å². The average Bonchev–Trinajstić information content (AvgIpc) is 2.29. The summed E-state index contributed by atoms with van der Waals surface area (Å²) < 4.78 is 18.5. The Balaban J connectivity index is 2.66. The van der Waals surface area contributed by atoms with Crippen molar-refractivity contribution in [2.75, 3.05) is 18.5 Å². The third-order valence-corrected chi connectivity index (χ3v) is 2.36. The van der Waals surface area contributed by atoms with Crippen LogP contribution in [-0.2, 0) is 0 Å². The van der Waals surface area contributed by atoms with Crippen LogP contribution in [-0.4, -0.2) is 13.2 Å². The highest BCUT2D eigenvalue weighted by molar-refractivity contribution is 6.25. The summed E-state index contributed by atoms with van der Waals surface area (Å²) in [7, 11) is 0. The van der Waals surface area contributed by atoms with Gasteiger partial charge in [-0.1, -0.05) is 11.6 Å². The molecular formula is C12H15ClFNO. The maximum atomic E-state index is 13.4. The van der Waals surface area contributed by atoms with Crippen LogP contribution in [0.25, 0.3) is 0 Å². The first-order valence-corrected chi connectivity index (χ1v) is 5.53. The lowest BCUT2D eigenvalue weighted by Crippen LogP contribution is -2.03. The van der Waals surface area contributed by atoms with E-state index >= 15 is 0 Å². The van der Waals surface area contributed by atoms with Crippen molar-refractivity contribution < 1.29 is 9.13 Å². The van der Waals surface area contributed by atoms with Gasteiger partial charge in [-0.05, 0) is 31.6 Å². The molecule has 0 fully saturated rings. The second kappa shape index (κ2) is 6.38. The number of ether oxygens (including phenoxy) is 1. The van der Waals surface area contributed by atoms with Gasteiger partial charge in [-0.25, -0.2) is 4.39 Å². The molecule has 0 aliphatic rings. The van der Waals surface area contributed by atoms with Crippen LogP contribution in [0.2, 0.25) is 0 Å². The smallest absolute Gasteiger partial charge is 0.167 e. The molecule has 0 atom stereocenters. The predicted octanol–water partition coefficient (Wildman–Crippen LogP) is 3.78. The van der Waals surface area contributed by atoms with E-state index in [0.717, 1.165) is 5.57 Å². The second-order valence-electron chi connectivity index (χ2n) is 3.39. The van der Waals surface area contributed by atoms with Gasteiger partial charge < -0.3 is 10.1 Å². The van der Waals surface area contributed by atoms with Crippen molar-refractivity contribution >= 4 is 17.3 Å². The van der Waals surface area contributed by atoms with Crippen LogP contribution < -0.4 is 10.1 Å². The largest absolute Gasteiger partial charge is 0.491 e. The lowest BCUT2D eigenvalue weighted by Gasteiger charge is -2.09. The van der Waals surface area contributed by atoms with Gasteiger partial charge in [0.25, 0.3) is 0 Å². The van der Waals surface area contributed by atoms with Gasteiger partial charge in [0.2, 0.25) is 0 Å². The van der Waals surface area contributed by atoms with Crippen molar-refractivity contribution in [3.63, 3.8) is 0 Å². The summed E-state index contributed by atoms with van der Waals surface area (Å²) in [5, 5.41) is 3.06. The third kappa shape index (κ3) is 3.74. The van der Waals surface area contributed by atoms with Crippen LogP contribution in [0.4, 0.5) is 10.1 Å². The summed E-state index contributed by atoms with van der Waals surface area (Å²) >= 11 is 5.52. The molecule has 0 unspecified atom stereocenters. The topological polar surface area (TPSA) is 21.3 Å². The first-order chi connectivity index (χ1) is 7.67. The van der Waals surface area contributed by atoms with E-state index in [1.54, 1.807) is 12.1 Å². The SMILES string of the molecule is CCOc1ccc(NC/C(C)=C/Cl)cc1F. The summed E-state index contributed by atoms with van der Waals surface area (Å²) in [6.07, 6.45) is 0. The van der Waals surface area contributed by atoms with E-state index < -0.39 is 0 Å². The fourth-order valence-electron chi connectivity index (χ4n) is 1.16. The van der Waals surface area contributed by atoms with Crippen molar-refractivity contribution in [3.05, 3.63) is 35.1 Å². The van der Waals surface area contributed by atoms with Gasteiger partial charge in [-0.15, -0.1) is 0 Å². The molecule has 1 aromatic carbocycles. The van der Waals surface area contributed by atoms with E-state index in [9.17, 15) is 4.39 Å².